The Balaban J connectivity index is 0.000000187. The van der Waals surface area contributed by atoms with E-state index in [0.29, 0.717) is 12.1 Å². The molecule has 2 saturated carbocycles. The Morgan fingerprint density at radius 2 is 0.986 bits per heavy atom. The number of carbonyl (C=O) groups is 4. The molecule has 8 rings (SSSR count). The van der Waals surface area contributed by atoms with Crippen LogP contribution in [0.25, 0.3) is 33.5 Å². The van der Waals surface area contributed by atoms with Crippen molar-refractivity contribution in [3.05, 3.63) is 81.5 Å². The molecule has 0 spiro atoms. The number of esters is 1. The van der Waals surface area contributed by atoms with Gasteiger partial charge in [0, 0.05) is 60.8 Å². The molecule has 0 aromatic carbocycles. The highest BCUT2D eigenvalue weighted by atomic mass is 16.5. The van der Waals surface area contributed by atoms with Gasteiger partial charge in [0.1, 0.15) is 13.1 Å². The van der Waals surface area contributed by atoms with E-state index >= 15 is 0 Å². The van der Waals surface area contributed by atoms with Crippen LogP contribution in [0.4, 0.5) is 4.79 Å². The number of Topliss-reactive ketones (excluding diaryl/α,β-unsaturated/α-hetero) is 1. The van der Waals surface area contributed by atoms with Crippen LogP contribution in [0.15, 0.2) is 47.7 Å². The van der Waals surface area contributed by atoms with Gasteiger partial charge in [0.05, 0.1) is 32.6 Å². The number of fused-ring (bicyclic) bond motifs is 3. The van der Waals surface area contributed by atoms with Crippen LogP contribution in [0.1, 0.15) is 83.5 Å². The Labute approximate surface area is 418 Å². The van der Waals surface area contributed by atoms with E-state index in [1.807, 2.05) is 14.1 Å². The maximum Gasteiger partial charge on any atom is 0.332 e. The summed E-state index contributed by atoms with van der Waals surface area (Å²) in [5.41, 5.74) is -1.36. The quantitative estimate of drug-likeness (QED) is 0.118. The molecule has 6 aromatic rings. The van der Waals surface area contributed by atoms with Crippen LogP contribution in [-0.2, 0) is 81.0 Å². The summed E-state index contributed by atoms with van der Waals surface area (Å²) in [6.07, 6.45) is 16.3. The van der Waals surface area contributed by atoms with Crippen molar-refractivity contribution < 1.29 is 23.9 Å². The van der Waals surface area contributed by atoms with Crippen LogP contribution < -0.4 is 39.1 Å². The molecule has 0 bridgehead atoms. The Kier molecular flexibility index (Phi) is 17.9. The minimum absolute atomic E-state index is 0.0546. The highest BCUT2D eigenvalue weighted by Crippen LogP contribution is 2.25. The van der Waals surface area contributed by atoms with E-state index < -0.39 is 39.7 Å². The lowest BCUT2D eigenvalue weighted by molar-refractivity contribution is -0.141. The Bertz CT molecular complexity index is 3380. The molecule has 0 unspecified atom stereocenters. The van der Waals surface area contributed by atoms with E-state index in [2.05, 4.69) is 29.9 Å². The number of rotatable bonds is 13. The minimum atomic E-state index is -0.510. The van der Waals surface area contributed by atoms with Crippen LogP contribution in [0, 0.1) is 0 Å². The Morgan fingerprint density at radius 1 is 0.575 bits per heavy atom. The molecule has 3 amide bonds. The zero-order valence-corrected chi connectivity index (χ0v) is 43.2. The first-order valence-electron chi connectivity index (χ1n) is 24.4. The van der Waals surface area contributed by atoms with Crippen molar-refractivity contribution in [1.82, 2.24) is 71.2 Å². The second-order valence-electron chi connectivity index (χ2n) is 19.0. The van der Waals surface area contributed by atoms with Crippen LogP contribution in [0.5, 0.6) is 0 Å². The van der Waals surface area contributed by atoms with Crippen LogP contribution >= 0.6 is 0 Å². The molecule has 0 radical (unpaired) electrons. The van der Waals surface area contributed by atoms with Crippen LogP contribution in [-0.4, -0.2) is 129 Å². The first-order valence-corrected chi connectivity index (χ1v) is 24.4. The van der Waals surface area contributed by atoms with Crippen molar-refractivity contribution in [2.75, 3.05) is 27.7 Å². The molecule has 2 fully saturated rings. The smallest absolute Gasteiger partial charge is 0.332 e. The average Bonchev–Trinajstić information content (AvgIpc) is 4.12. The van der Waals surface area contributed by atoms with Crippen molar-refractivity contribution in [3.63, 3.8) is 0 Å². The third-order valence-electron chi connectivity index (χ3n) is 13.5. The average molecular weight is 1020 g/mol. The van der Waals surface area contributed by atoms with Gasteiger partial charge in [0.15, 0.2) is 39.3 Å². The zero-order chi connectivity index (χ0) is 53.4. The third kappa shape index (κ3) is 12.1. The summed E-state index contributed by atoms with van der Waals surface area (Å²) in [5, 5.41) is 3.08. The molecule has 0 saturated heterocycles. The number of imide groups is 1. The number of aryl methyl sites for hydroxylation is 3. The summed E-state index contributed by atoms with van der Waals surface area (Å²) in [4.78, 5) is 138. The Hall–Kier alpha value is -7.51. The van der Waals surface area contributed by atoms with Gasteiger partial charge in [-0.3, -0.25) is 61.1 Å². The highest BCUT2D eigenvalue weighted by Gasteiger charge is 2.33. The van der Waals surface area contributed by atoms with Gasteiger partial charge in [0.2, 0.25) is 0 Å². The van der Waals surface area contributed by atoms with Gasteiger partial charge in [-0.2, -0.15) is 0 Å². The zero-order valence-electron chi connectivity index (χ0n) is 43.2. The number of urea groups is 1. The number of unbranched alkanes of at least 4 members (excludes halogenated alkanes) is 1. The molecule has 0 atom stereocenters. The maximum absolute atomic E-state index is 13.4. The van der Waals surface area contributed by atoms with E-state index in [1.54, 1.807) is 7.05 Å². The van der Waals surface area contributed by atoms with Gasteiger partial charge in [-0.1, -0.05) is 38.5 Å². The largest absolute Gasteiger partial charge is 0.468 e. The van der Waals surface area contributed by atoms with E-state index in [0.717, 1.165) is 90.9 Å². The number of methoxy groups -OCH3 is 1. The van der Waals surface area contributed by atoms with Crippen molar-refractivity contribution in [3.8, 4) is 0 Å². The van der Waals surface area contributed by atoms with Crippen molar-refractivity contribution in [2.24, 2.45) is 42.3 Å². The molecular weight excluding hydrogens is 951 g/mol. The van der Waals surface area contributed by atoms with E-state index in [9.17, 15) is 47.9 Å². The summed E-state index contributed by atoms with van der Waals surface area (Å²) in [6.45, 7) is 0.745. The first kappa shape index (κ1) is 54.8. The number of ketones is 1. The number of hydrogen-bond acceptors (Lipinski definition) is 15. The second kappa shape index (κ2) is 23.8. The lowest BCUT2D eigenvalue weighted by atomic mass is 9.93. The fourth-order valence-corrected chi connectivity index (χ4v) is 9.31. The predicted molar refractivity (Wildman–Crippen MR) is 269 cm³/mol. The lowest BCUT2D eigenvalue weighted by Crippen LogP contribution is -2.53. The summed E-state index contributed by atoms with van der Waals surface area (Å²) in [6, 6.07) is -0.369. The highest BCUT2D eigenvalue weighted by molar-refractivity contribution is 5.95. The number of amides is 3. The van der Waals surface area contributed by atoms with Gasteiger partial charge in [-0.15, -0.1) is 0 Å². The summed E-state index contributed by atoms with van der Waals surface area (Å²) in [7, 11) is 14.1. The van der Waals surface area contributed by atoms with Crippen LogP contribution in [0.2, 0.25) is 0 Å². The molecule has 26 nitrogen and oxygen atoms in total. The molecule has 2 aliphatic carbocycles. The topological polar surface area (TPSA) is 281 Å². The number of hydrogen-bond donors (Lipinski definition) is 1. The minimum Gasteiger partial charge on any atom is -0.468 e. The number of imidazole rings is 3. The normalized spacial score (nSPS) is 14.2. The first-order chi connectivity index (χ1) is 34.7. The number of nitrogens with one attached hydrogen (secondary N) is 1. The second-order valence-corrected chi connectivity index (χ2v) is 19.0. The van der Waals surface area contributed by atoms with Gasteiger partial charge in [0.25, 0.3) is 22.6 Å². The van der Waals surface area contributed by atoms with Gasteiger partial charge < -0.3 is 28.7 Å². The number of aromatic nitrogens is 12. The number of ether oxygens (including phenoxy) is 1. The van der Waals surface area contributed by atoms with Gasteiger partial charge in [-0.05, 0) is 59.2 Å². The molecule has 2 aliphatic rings. The summed E-state index contributed by atoms with van der Waals surface area (Å²) in [5.74, 6) is -0.801. The molecule has 73 heavy (non-hydrogen) atoms. The summed E-state index contributed by atoms with van der Waals surface area (Å²) >= 11 is 0. The maximum atomic E-state index is 13.4. The number of carbonyl (C=O) groups excluding carboxylic acids is 4. The SMILES string of the molecule is CN(C)CCCCC(=O)Cn1cnc2c1c(=O)n(C)c(=O)n2C.COC(=O)Cn1cnc2c1c(=O)n(C)c(=O)n2C.Cn1c(=O)c2c(ncn2CC(=O)N(C(=O)NC2CCCCC2)C2CCCCC2)n(C)c1=O. The van der Waals surface area contributed by atoms with Crippen molar-refractivity contribution in [2.45, 2.75) is 115 Å². The molecule has 0 aliphatic heterocycles. The van der Waals surface area contributed by atoms with E-state index in [1.165, 1.54) is 100 Å². The monoisotopic (exact) mass is 1020 g/mol. The fourth-order valence-electron chi connectivity index (χ4n) is 9.31. The molecule has 396 valence electrons. The standard InChI is InChI=1S/C22H32N6O4.C15H23N5O3.C10H12N4O4/c1-25-19-18(20(30)26(2)22(25)32)27(14-23-19)13-17(29)28(16-11-7-4-8-12-16)21(31)24-15-9-5-3-6-10-15;1-17(2)8-6-5-7-11(21)9-20-10-16-13-12(20)14(22)19(4)15(23)18(13)3;1-12-8-7(9(16)13(2)10(12)17)14(5-11-8)4-6(15)18-3/h14-16H,3-13H2,1-2H3,(H,24,31);10H,5-9H2,1-4H3;5H,4H2,1-3H3. The van der Waals surface area contributed by atoms with Gasteiger partial charge >= 0.3 is 29.1 Å². The molecule has 6 heterocycles. The van der Waals surface area contributed by atoms with Crippen molar-refractivity contribution in [1.29, 1.82) is 0 Å². The van der Waals surface area contributed by atoms with Crippen LogP contribution in [0.3, 0.4) is 0 Å². The molecular formula is C47H67N15O11. The third-order valence-corrected chi connectivity index (χ3v) is 13.5. The number of nitrogens with zero attached hydrogens (tertiary/aromatic N) is 14. The molecule has 1 N–H and O–H groups in total. The lowest BCUT2D eigenvalue weighted by Gasteiger charge is -2.34. The molecule has 26 heteroatoms. The van der Waals surface area contributed by atoms with Gasteiger partial charge in [-0.25, -0.2) is 34.1 Å². The predicted octanol–water partition coefficient (Wildman–Crippen LogP) is -0.0213. The van der Waals surface area contributed by atoms with E-state index in [4.69, 9.17) is 0 Å². The summed E-state index contributed by atoms with van der Waals surface area (Å²) < 4.78 is 15.7. The Morgan fingerprint density at radius 3 is 1.41 bits per heavy atom. The van der Waals surface area contributed by atoms with E-state index in [-0.39, 0.29) is 77.3 Å². The van der Waals surface area contributed by atoms with Crippen molar-refractivity contribution >= 4 is 57.2 Å². The fraction of sp³-hybridized carbons (Fsp3) is 0.596. The molecule has 6 aromatic heterocycles.